The number of ether oxygens (including phenoxy) is 2. The lowest BCUT2D eigenvalue weighted by Gasteiger charge is -2.06. The molecule has 0 aliphatic rings. The zero-order valence-electron chi connectivity index (χ0n) is 11.6. The molecule has 1 aromatic carbocycles. The maximum Gasteiger partial charge on any atom is 0.188 e. The second kappa shape index (κ2) is 9.10. The van der Waals surface area contributed by atoms with Gasteiger partial charge >= 0.3 is 0 Å². The second-order valence-corrected chi connectivity index (χ2v) is 5.24. The molecule has 0 bridgehead atoms. The van der Waals surface area contributed by atoms with Crippen LogP contribution < -0.4 is 4.74 Å². The van der Waals surface area contributed by atoms with Gasteiger partial charge in [0.15, 0.2) is 5.78 Å². The largest absolute Gasteiger partial charge is 0.496 e. The lowest BCUT2D eigenvalue weighted by molar-refractivity contribution is 0.0752. The fourth-order valence-corrected chi connectivity index (χ4v) is 2.26. The Balaban J connectivity index is 2.35. The Hall–Kier alpha value is -0.870. The van der Waals surface area contributed by atoms with Gasteiger partial charge in [0.1, 0.15) is 12.4 Å². The minimum atomic E-state index is -0.00107. The highest BCUT2D eigenvalue weighted by molar-refractivity contribution is 9.10. The summed E-state index contributed by atoms with van der Waals surface area (Å²) in [6, 6.07) is 5.30. The number of benzene rings is 1. The van der Waals surface area contributed by atoms with Crippen molar-refractivity contribution in [1.82, 2.24) is 0 Å². The van der Waals surface area contributed by atoms with Crippen LogP contribution in [0, 0.1) is 0 Å². The van der Waals surface area contributed by atoms with E-state index in [-0.39, 0.29) is 12.4 Å². The van der Waals surface area contributed by atoms with Crippen LogP contribution in [0.25, 0.3) is 0 Å². The van der Waals surface area contributed by atoms with E-state index >= 15 is 0 Å². The SMILES string of the molecule is CCCCCCOCC(=O)c1ccc(OC)c(Br)c1. The molecule has 0 unspecified atom stereocenters. The van der Waals surface area contributed by atoms with Gasteiger partial charge in [0.05, 0.1) is 11.6 Å². The van der Waals surface area contributed by atoms with Crippen molar-refractivity contribution in [2.75, 3.05) is 20.3 Å². The molecular formula is C15H21BrO3. The molecule has 0 radical (unpaired) electrons. The Morgan fingerprint density at radius 2 is 2.05 bits per heavy atom. The molecule has 0 aliphatic heterocycles. The van der Waals surface area contributed by atoms with Crippen LogP contribution in [0.2, 0.25) is 0 Å². The number of hydrogen-bond acceptors (Lipinski definition) is 3. The zero-order chi connectivity index (χ0) is 14.1. The fourth-order valence-electron chi connectivity index (χ4n) is 1.72. The van der Waals surface area contributed by atoms with Crippen molar-refractivity contribution in [3.8, 4) is 5.75 Å². The average Bonchev–Trinajstić information content (AvgIpc) is 2.42. The van der Waals surface area contributed by atoms with Crippen LogP contribution in [0.3, 0.4) is 0 Å². The minimum absolute atomic E-state index is 0.00107. The van der Waals surface area contributed by atoms with Crippen LogP contribution in [0.5, 0.6) is 5.75 Å². The van der Waals surface area contributed by atoms with Crippen molar-refractivity contribution >= 4 is 21.7 Å². The summed E-state index contributed by atoms with van der Waals surface area (Å²) in [5, 5.41) is 0. The van der Waals surface area contributed by atoms with E-state index in [2.05, 4.69) is 22.9 Å². The van der Waals surface area contributed by atoms with Crippen molar-refractivity contribution in [3.63, 3.8) is 0 Å². The monoisotopic (exact) mass is 328 g/mol. The van der Waals surface area contributed by atoms with E-state index in [1.165, 1.54) is 19.3 Å². The highest BCUT2D eigenvalue weighted by Gasteiger charge is 2.09. The Morgan fingerprint density at radius 3 is 2.68 bits per heavy atom. The van der Waals surface area contributed by atoms with E-state index in [0.29, 0.717) is 12.2 Å². The highest BCUT2D eigenvalue weighted by Crippen LogP contribution is 2.25. The number of halogens is 1. The van der Waals surface area contributed by atoms with Gasteiger partial charge in [-0.15, -0.1) is 0 Å². The fraction of sp³-hybridized carbons (Fsp3) is 0.533. The summed E-state index contributed by atoms with van der Waals surface area (Å²) in [6.07, 6.45) is 4.62. The van der Waals surface area contributed by atoms with Crippen molar-refractivity contribution in [3.05, 3.63) is 28.2 Å². The van der Waals surface area contributed by atoms with Crippen LogP contribution in [0.4, 0.5) is 0 Å². The number of hydrogen-bond donors (Lipinski definition) is 0. The van der Waals surface area contributed by atoms with Crippen LogP contribution in [0.15, 0.2) is 22.7 Å². The highest BCUT2D eigenvalue weighted by atomic mass is 79.9. The first kappa shape index (κ1) is 16.2. The van der Waals surface area contributed by atoms with Gasteiger partial charge in [-0.2, -0.15) is 0 Å². The number of rotatable bonds is 9. The molecule has 0 atom stereocenters. The van der Waals surface area contributed by atoms with Gasteiger partial charge in [0.2, 0.25) is 0 Å². The maximum absolute atomic E-state index is 11.9. The molecule has 0 saturated heterocycles. The molecule has 0 heterocycles. The molecule has 0 spiro atoms. The van der Waals surface area contributed by atoms with Gasteiger partial charge in [0, 0.05) is 12.2 Å². The van der Waals surface area contributed by atoms with E-state index in [1.54, 1.807) is 25.3 Å². The molecule has 0 saturated carbocycles. The first-order valence-electron chi connectivity index (χ1n) is 6.63. The Kier molecular flexibility index (Phi) is 7.75. The number of carbonyl (C=O) groups is 1. The van der Waals surface area contributed by atoms with Gasteiger partial charge in [-0.3, -0.25) is 4.79 Å². The van der Waals surface area contributed by atoms with E-state index in [1.807, 2.05) is 0 Å². The summed E-state index contributed by atoms with van der Waals surface area (Å²) in [5.74, 6) is 0.718. The number of ketones is 1. The molecule has 0 aromatic heterocycles. The second-order valence-electron chi connectivity index (χ2n) is 4.39. The van der Waals surface area contributed by atoms with Crippen molar-refractivity contribution in [2.24, 2.45) is 0 Å². The van der Waals surface area contributed by atoms with Gasteiger partial charge < -0.3 is 9.47 Å². The maximum atomic E-state index is 11.9. The molecule has 0 N–H and O–H groups in total. The van der Waals surface area contributed by atoms with E-state index in [9.17, 15) is 4.79 Å². The molecule has 0 fully saturated rings. The predicted octanol–water partition coefficient (Wildman–Crippen LogP) is 4.24. The molecule has 4 heteroatoms. The molecule has 0 amide bonds. The molecular weight excluding hydrogens is 308 g/mol. The van der Waals surface area contributed by atoms with Crippen LogP contribution >= 0.6 is 15.9 Å². The van der Waals surface area contributed by atoms with Gasteiger partial charge in [-0.1, -0.05) is 26.2 Å². The molecule has 1 rings (SSSR count). The average molecular weight is 329 g/mol. The smallest absolute Gasteiger partial charge is 0.188 e. The standard InChI is InChI=1S/C15H21BrO3/c1-3-4-5-6-9-19-11-14(17)12-7-8-15(18-2)13(16)10-12/h7-8,10H,3-6,9,11H2,1-2H3. The summed E-state index contributed by atoms with van der Waals surface area (Å²) in [6.45, 7) is 2.97. The van der Waals surface area contributed by atoms with Crippen molar-refractivity contribution in [1.29, 1.82) is 0 Å². The van der Waals surface area contributed by atoms with Crippen LogP contribution in [-0.4, -0.2) is 26.1 Å². The summed E-state index contributed by atoms with van der Waals surface area (Å²) >= 11 is 3.37. The number of carbonyl (C=O) groups excluding carboxylic acids is 1. The van der Waals surface area contributed by atoms with Crippen LogP contribution in [-0.2, 0) is 4.74 Å². The van der Waals surface area contributed by atoms with Crippen LogP contribution in [0.1, 0.15) is 43.0 Å². The Bertz CT molecular complexity index is 404. The first-order chi connectivity index (χ1) is 9.19. The molecule has 106 valence electrons. The van der Waals surface area contributed by atoms with Gasteiger partial charge in [0.25, 0.3) is 0 Å². The number of unbranched alkanes of at least 4 members (excludes halogenated alkanes) is 3. The van der Waals surface area contributed by atoms with E-state index in [4.69, 9.17) is 9.47 Å². The topological polar surface area (TPSA) is 35.5 Å². The lowest BCUT2D eigenvalue weighted by atomic mass is 10.1. The van der Waals surface area contributed by atoms with Crippen molar-refractivity contribution in [2.45, 2.75) is 32.6 Å². The third-order valence-electron chi connectivity index (χ3n) is 2.85. The van der Waals surface area contributed by atoms with E-state index in [0.717, 1.165) is 16.6 Å². The molecule has 3 nitrogen and oxygen atoms in total. The number of methoxy groups -OCH3 is 1. The molecule has 19 heavy (non-hydrogen) atoms. The summed E-state index contributed by atoms with van der Waals surface area (Å²) in [7, 11) is 1.60. The minimum Gasteiger partial charge on any atom is -0.496 e. The summed E-state index contributed by atoms with van der Waals surface area (Å²) < 4.78 is 11.3. The van der Waals surface area contributed by atoms with E-state index < -0.39 is 0 Å². The third-order valence-corrected chi connectivity index (χ3v) is 3.47. The molecule has 0 aliphatic carbocycles. The molecule has 1 aromatic rings. The predicted molar refractivity (Wildman–Crippen MR) is 80.0 cm³/mol. The third kappa shape index (κ3) is 5.74. The zero-order valence-corrected chi connectivity index (χ0v) is 13.2. The number of Topliss-reactive ketones (excluding diaryl/α,β-unsaturated/α-hetero) is 1. The normalized spacial score (nSPS) is 10.5. The first-order valence-corrected chi connectivity index (χ1v) is 7.42. The van der Waals surface area contributed by atoms with Gasteiger partial charge in [-0.25, -0.2) is 0 Å². The van der Waals surface area contributed by atoms with Crippen molar-refractivity contribution < 1.29 is 14.3 Å². The Labute approximate surface area is 123 Å². The lowest BCUT2D eigenvalue weighted by Crippen LogP contribution is -2.10. The summed E-state index contributed by atoms with van der Waals surface area (Å²) in [4.78, 5) is 11.9. The quantitative estimate of drug-likeness (QED) is 0.502. The van der Waals surface area contributed by atoms with Gasteiger partial charge in [-0.05, 0) is 40.5 Å². The summed E-state index contributed by atoms with van der Waals surface area (Å²) in [5.41, 5.74) is 0.640. The Morgan fingerprint density at radius 1 is 1.26 bits per heavy atom.